The molecule has 0 unspecified atom stereocenters. The van der Waals surface area contributed by atoms with Crippen molar-refractivity contribution in [3.63, 3.8) is 0 Å². The molecule has 0 saturated carbocycles. The summed E-state index contributed by atoms with van der Waals surface area (Å²) in [6, 6.07) is 16.1. The summed E-state index contributed by atoms with van der Waals surface area (Å²) < 4.78 is 57.2. The fraction of sp³-hybridized carbons (Fsp3) is 0.455. The highest BCUT2D eigenvalue weighted by Gasteiger charge is 2.24. The Balaban J connectivity index is 1.52. The van der Waals surface area contributed by atoms with Crippen LogP contribution in [0.5, 0.6) is 34.8 Å². The number of hydrogen-bond donors (Lipinski definition) is 1. The first kappa shape index (κ1) is 45.1. The molecular weight excluding hydrogens is 776 g/mol. The number of fused-ring (bicyclic) bond motifs is 1. The van der Waals surface area contributed by atoms with Gasteiger partial charge >= 0.3 is 12.1 Å². The fourth-order valence-corrected chi connectivity index (χ4v) is 6.45. The molecule has 0 fully saturated rings. The van der Waals surface area contributed by atoms with Crippen LogP contribution in [-0.2, 0) is 24.2 Å². The molecule has 5 aromatic rings. The van der Waals surface area contributed by atoms with Crippen molar-refractivity contribution in [2.24, 2.45) is 0 Å². The SMILES string of the molecule is CCC[C@H](CCO)Oc1nc(N(Cc2ccc(OC)c(OC)c2)Cc2ccc(OC)c(OC)c2)c2ncc(Cc3ccc(OCCN(C)C(=O)OC(C)(C)C)cc3F)n2n1. The van der Waals surface area contributed by atoms with E-state index < -0.39 is 17.5 Å². The van der Waals surface area contributed by atoms with Gasteiger partial charge in [-0.25, -0.2) is 18.7 Å². The van der Waals surface area contributed by atoms with E-state index in [-0.39, 0.29) is 38.3 Å². The van der Waals surface area contributed by atoms with Crippen molar-refractivity contribution in [1.29, 1.82) is 0 Å². The summed E-state index contributed by atoms with van der Waals surface area (Å²) in [6.07, 6.45) is 2.84. The molecule has 0 aliphatic rings. The number of rotatable bonds is 21. The maximum absolute atomic E-state index is 15.8. The van der Waals surface area contributed by atoms with Crippen LogP contribution < -0.4 is 33.3 Å². The van der Waals surface area contributed by atoms with E-state index in [1.165, 1.54) is 11.0 Å². The topological polar surface area (TPSA) is 151 Å². The summed E-state index contributed by atoms with van der Waals surface area (Å²) in [5.41, 5.74) is 2.55. The number of aliphatic hydroxyl groups excluding tert-OH is 1. The molecule has 1 atom stereocenters. The number of aliphatic hydroxyl groups is 1. The first-order valence-electron chi connectivity index (χ1n) is 19.8. The second-order valence-corrected chi connectivity index (χ2v) is 15.2. The van der Waals surface area contributed by atoms with E-state index >= 15 is 4.39 Å². The highest BCUT2D eigenvalue weighted by Crippen LogP contribution is 2.33. The number of hydrogen-bond acceptors (Lipinski definition) is 13. The van der Waals surface area contributed by atoms with Crippen LogP contribution in [-0.4, -0.2) is 103 Å². The van der Waals surface area contributed by atoms with E-state index in [0.717, 1.165) is 17.5 Å². The van der Waals surface area contributed by atoms with Crippen LogP contribution in [0.2, 0.25) is 0 Å². The first-order chi connectivity index (χ1) is 28.8. The van der Waals surface area contributed by atoms with Crippen molar-refractivity contribution in [3.8, 4) is 34.8 Å². The van der Waals surface area contributed by atoms with Crippen LogP contribution in [0, 0.1) is 5.82 Å². The van der Waals surface area contributed by atoms with Crippen molar-refractivity contribution < 1.29 is 47.4 Å². The summed E-state index contributed by atoms with van der Waals surface area (Å²) in [6.45, 7) is 8.45. The lowest BCUT2D eigenvalue weighted by molar-refractivity contribution is 0.0278. The number of ether oxygens (including phenoxy) is 7. The molecule has 15 nitrogen and oxygen atoms in total. The molecule has 0 saturated heterocycles. The molecule has 5 rings (SSSR count). The molecule has 2 aromatic heterocycles. The third kappa shape index (κ3) is 11.8. The number of nitrogens with zero attached hydrogens (tertiary/aromatic N) is 6. The fourth-order valence-electron chi connectivity index (χ4n) is 6.45. The average Bonchev–Trinajstić information content (AvgIpc) is 3.62. The number of amides is 1. The van der Waals surface area contributed by atoms with E-state index in [0.29, 0.717) is 77.4 Å². The van der Waals surface area contributed by atoms with Gasteiger partial charge in [-0.3, -0.25) is 0 Å². The normalized spacial score (nSPS) is 11.8. The maximum atomic E-state index is 15.8. The second kappa shape index (κ2) is 20.8. The molecule has 324 valence electrons. The average molecular weight is 833 g/mol. The number of anilines is 1. The van der Waals surface area contributed by atoms with E-state index in [1.54, 1.807) is 79.1 Å². The minimum atomic E-state index is -0.622. The molecule has 0 aliphatic carbocycles. The van der Waals surface area contributed by atoms with E-state index in [4.69, 9.17) is 48.2 Å². The van der Waals surface area contributed by atoms with Crippen molar-refractivity contribution in [3.05, 3.63) is 89.0 Å². The molecule has 0 aliphatic heterocycles. The summed E-state index contributed by atoms with van der Waals surface area (Å²) in [4.78, 5) is 25.5. The van der Waals surface area contributed by atoms with Crippen LogP contribution in [0.1, 0.15) is 69.3 Å². The van der Waals surface area contributed by atoms with Gasteiger partial charge in [0.25, 0.3) is 0 Å². The monoisotopic (exact) mass is 832 g/mol. The van der Waals surface area contributed by atoms with Crippen LogP contribution in [0.15, 0.2) is 60.8 Å². The molecule has 1 N–H and O–H groups in total. The minimum Gasteiger partial charge on any atom is -0.493 e. The minimum absolute atomic E-state index is 0.0692. The highest BCUT2D eigenvalue weighted by atomic mass is 19.1. The number of imidazole rings is 1. The molecule has 3 aromatic carbocycles. The zero-order valence-corrected chi connectivity index (χ0v) is 36.0. The molecule has 60 heavy (non-hydrogen) atoms. The molecule has 16 heteroatoms. The Morgan fingerprint density at radius 2 is 1.52 bits per heavy atom. The van der Waals surface area contributed by atoms with Crippen molar-refractivity contribution in [2.75, 3.05) is 60.1 Å². The Morgan fingerprint density at radius 3 is 2.07 bits per heavy atom. The van der Waals surface area contributed by atoms with Gasteiger partial charge in [0.15, 0.2) is 34.5 Å². The quantitative estimate of drug-likeness (QED) is 0.0790. The Bertz CT molecular complexity index is 2130. The number of halogens is 1. The number of carbonyl (C=O) groups is 1. The summed E-state index contributed by atoms with van der Waals surface area (Å²) in [7, 11) is 7.96. The molecule has 2 heterocycles. The predicted octanol–water partition coefficient (Wildman–Crippen LogP) is 7.27. The van der Waals surface area contributed by atoms with Crippen LogP contribution in [0.4, 0.5) is 15.0 Å². The third-order valence-corrected chi connectivity index (χ3v) is 9.47. The number of likely N-dealkylation sites (N-methyl/N-ethyl adjacent to an activating group) is 1. The highest BCUT2D eigenvalue weighted by molar-refractivity contribution is 5.68. The number of benzene rings is 3. The van der Waals surface area contributed by atoms with Crippen molar-refractivity contribution in [1.82, 2.24) is 24.5 Å². The first-order valence-corrected chi connectivity index (χ1v) is 19.8. The van der Waals surface area contributed by atoms with Crippen LogP contribution >= 0.6 is 0 Å². The number of methoxy groups -OCH3 is 4. The zero-order chi connectivity index (χ0) is 43.4. The number of carbonyl (C=O) groups excluding carboxylic acids is 1. The van der Waals surface area contributed by atoms with Crippen molar-refractivity contribution in [2.45, 2.75) is 78.2 Å². The van der Waals surface area contributed by atoms with Gasteiger partial charge in [0.2, 0.25) is 0 Å². The van der Waals surface area contributed by atoms with E-state index in [2.05, 4.69) is 0 Å². The summed E-state index contributed by atoms with van der Waals surface area (Å²) in [5, 5.41) is 14.6. The lowest BCUT2D eigenvalue weighted by atomic mass is 10.1. The van der Waals surface area contributed by atoms with Gasteiger partial charge in [0, 0.05) is 45.7 Å². The van der Waals surface area contributed by atoms with Gasteiger partial charge in [-0.1, -0.05) is 31.5 Å². The van der Waals surface area contributed by atoms with Gasteiger partial charge in [-0.2, -0.15) is 4.98 Å². The standard InChI is InChI=1S/C44H57FN6O9/c1-10-11-33(18-20-52)59-42-47-41(50(27-29-12-16-36(54-6)38(22-29)56-8)28-30-13-17-37(55-7)39(23-30)57-9)40-46-26-32(51(40)48-42)24-31-14-15-34(25-35(31)45)58-21-19-49(5)43(53)60-44(2,3)4/h12-17,22-23,25-26,33,52H,10-11,18-21,24,27-28H2,1-9H3/t33-/m1/s1. The maximum Gasteiger partial charge on any atom is 0.410 e. The van der Waals surface area contributed by atoms with Gasteiger partial charge in [-0.15, -0.1) is 5.10 Å². The zero-order valence-electron chi connectivity index (χ0n) is 36.0. The Kier molecular flexibility index (Phi) is 15.6. The van der Waals surface area contributed by atoms with Crippen LogP contribution in [0.25, 0.3) is 5.65 Å². The summed E-state index contributed by atoms with van der Waals surface area (Å²) in [5.74, 6) is 2.61. The molecule has 0 bridgehead atoms. The lowest BCUT2D eigenvalue weighted by Gasteiger charge is -2.26. The van der Waals surface area contributed by atoms with Gasteiger partial charge in [0.1, 0.15) is 29.9 Å². The Morgan fingerprint density at radius 1 is 0.883 bits per heavy atom. The molecule has 0 spiro atoms. The smallest absolute Gasteiger partial charge is 0.410 e. The van der Waals surface area contributed by atoms with E-state index in [9.17, 15) is 9.90 Å². The number of aromatic nitrogens is 4. The third-order valence-electron chi connectivity index (χ3n) is 9.47. The predicted molar refractivity (Wildman–Crippen MR) is 224 cm³/mol. The second-order valence-electron chi connectivity index (χ2n) is 15.2. The molecular formula is C44H57FN6O9. The molecule has 1 amide bonds. The van der Waals surface area contributed by atoms with Crippen LogP contribution in [0.3, 0.4) is 0 Å². The van der Waals surface area contributed by atoms with Gasteiger partial charge < -0.3 is 48.1 Å². The molecule has 0 radical (unpaired) electrons. The Hall–Kier alpha value is -6.03. The lowest BCUT2D eigenvalue weighted by Crippen LogP contribution is -2.36. The van der Waals surface area contributed by atoms with Crippen molar-refractivity contribution >= 4 is 17.6 Å². The summed E-state index contributed by atoms with van der Waals surface area (Å²) >= 11 is 0. The van der Waals surface area contributed by atoms with Gasteiger partial charge in [0.05, 0.1) is 46.9 Å². The van der Waals surface area contributed by atoms with Gasteiger partial charge in [-0.05, 0) is 74.2 Å². The van der Waals surface area contributed by atoms with E-state index in [1.807, 2.05) is 48.2 Å². The largest absolute Gasteiger partial charge is 0.493 e. The Labute approximate surface area is 350 Å².